The Kier molecular flexibility index (Phi) is 2.66. The van der Waals surface area contributed by atoms with Gasteiger partial charge in [-0.2, -0.15) is 0 Å². The normalized spacial score (nSPS) is 11.0. The van der Waals surface area contributed by atoms with Crippen molar-refractivity contribution in [2.45, 2.75) is 19.2 Å². The highest BCUT2D eigenvalue weighted by atomic mass is 35.5. The second kappa shape index (κ2) is 3.79. The van der Waals surface area contributed by atoms with Crippen molar-refractivity contribution in [1.82, 2.24) is 0 Å². The van der Waals surface area contributed by atoms with E-state index in [9.17, 15) is 5.11 Å². The number of phenols is 1. The minimum atomic E-state index is 0.366. The zero-order valence-electron chi connectivity index (χ0n) is 7.88. The Bertz CT molecular complexity index is 462. The Morgan fingerprint density at radius 1 is 1.50 bits per heavy atom. The Balaban J connectivity index is 2.80. The number of benzene rings is 1. The van der Waals surface area contributed by atoms with Crippen LogP contribution in [0, 0.1) is 0 Å². The molecule has 0 aliphatic rings. The number of aryl methyl sites for hydroxylation is 1. The third-order valence-electron chi connectivity index (χ3n) is 2.39. The Morgan fingerprint density at radius 2 is 2.29 bits per heavy atom. The van der Waals surface area contributed by atoms with Gasteiger partial charge in [-0.3, -0.25) is 0 Å². The minimum Gasteiger partial charge on any atom is -0.507 e. The quantitative estimate of drug-likeness (QED) is 0.770. The number of fused-ring (bicyclic) bond motifs is 1. The lowest BCUT2D eigenvalue weighted by atomic mass is 10.0. The number of aromatic hydroxyl groups is 1. The van der Waals surface area contributed by atoms with Gasteiger partial charge in [-0.25, -0.2) is 0 Å². The van der Waals surface area contributed by atoms with Crippen molar-refractivity contribution in [1.29, 1.82) is 0 Å². The standard InChI is InChI=1S/C11H11ClOS/c1-2-9-10(13)8(6-12)5-7-3-4-14-11(7)9/h3-5,13H,2,6H2,1H3. The molecule has 2 rings (SSSR count). The molecule has 0 aliphatic carbocycles. The highest BCUT2D eigenvalue weighted by Crippen LogP contribution is 2.35. The SMILES string of the molecule is CCc1c(O)c(CCl)cc2ccsc12. The first-order valence-corrected chi connectivity index (χ1v) is 5.96. The molecule has 0 spiro atoms. The fraction of sp³-hybridized carbons (Fsp3) is 0.273. The Labute approximate surface area is 91.9 Å². The molecule has 1 heterocycles. The van der Waals surface area contributed by atoms with Crippen LogP contribution in [0.4, 0.5) is 0 Å². The summed E-state index contributed by atoms with van der Waals surface area (Å²) >= 11 is 7.44. The van der Waals surface area contributed by atoms with Crippen LogP contribution in [0.1, 0.15) is 18.1 Å². The molecule has 0 bridgehead atoms. The number of thiophene rings is 1. The van der Waals surface area contributed by atoms with Gasteiger partial charge in [0.05, 0.1) is 5.88 Å². The fourth-order valence-corrected chi connectivity index (χ4v) is 2.87. The molecule has 0 aliphatic heterocycles. The smallest absolute Gasteiger partial charge is 0.124 e. The third-order valence-corrected chi connectivity index (χ3v) is 3.66. The molecular formula is C11H11ClOS. The molecule has 0 unspecified atom stereocenters. The first-order valence-electron chi connectivity index (χ1n) is 4.54. The number of rotatable bonds is 2. The van der Waals surface area contributed by atoms with Crippen LogP contribution < -0.4 is 0 Å². The van der Waals surface area contributed by atoms with E-state index in [1.165, 1.54) is 10.1 Å². The predicted octanol–water partition coefficient (Wildman–Crippen LogP) is 3.91. The molecule has 3 heteroatoms. The van der Waals surface area contributed by atoms with E-state index in [1.807, 2.05) is 18.4 Å². The summed E-state index contributed by atoms with van der Waals surface area (Å²) in [5.74, 6) is 0.738. The average Bonchev–Trinajstić information content (AvgIpc) is 2.64. The highest BCUT2D eigenvalue weighted by Gasteiger charge is 2.11. The van der Waals surface area contributed by atoms with E-state index in [0.29, 0.717) is 11.6 Å². The van der Waals surface area contributed by atoms with Crippen LogP contribution in [0.5, 0.6) is 5.75 Å². The van der Waals surface area contributed by atoms with E-state index < -0.39 is 0 Å². The van der Waals surface area contributed by atoms with Crippen molar-refractivity contribution in [2.75, 3.05) is 0 Å². The van der Waals surface area contributed by atoms with Crippen LogP contribution in [-0.2, 0) is 12.3 Å². The van der Waals surface area contributed by atoms with Gasteiger partial charge >= 0.3 is 0 Å². The maximum absolute atomic E-state index is 9.93. The molecule has 2 aromatic rings. The summed E-state index contributed by atoms with van der Waals surface area (Å²) in [6.07, 6.45) is 0.841. The molecule has 0 radical (unpaired) electrons. The number of hydrogen-bond donors (Lipinski definition) is 1. The third kappa shape index (κ3) is 1.39. The van der Waals surface area contributed by atoms with Crippen molar-refractivity contribution in [3.8, 4) is 5.75 Å². The van der Waals surface area contributed by atoms with Gasteiger partial charge < -0.3 is 5.11 Å². The zero-order valence-corrected chi connectivity index (χ0v) is 9.45. The summed E-state index contributed by atoms with van der Waals surface area (Å²) in [4.78, 5) is 0. The monoisotopic (exact) mass is 226 g/mol. The van der Waals surface area contributed by atoms with Gasteiger partial charge in [0.2, 0.25) is 0 Å². The summed E-state index contributed by atoms with van der Waals surface area (Å²) in [5.41, 5.74) is 1.85. The predicted molar refractivity (Wildman–Crippen MR) is 62.4 cm³/mol. The molecule has 0 saturated carbocycles. The van der Waals surface area contributed by atoms with Gasteiger partial charge in [0.1, 0.15) is 5.75 Å². The van der Waals surface area contributed by atoms with Crippen LogP contribution in [0.2, 0.25) is 0 Å². The second-order valence-electron chi connectivity index (χ2n) is 3.19. The molecule has 1 nitrogen and oxygen atoms in total. The molecule has 1 aromatic carbocycles. The highest BCUT2D eigenvalue weighted by molar-refractivity contribution is 7.17. The van der Waals surface area contributed by atoms with E-state index >= 15 is 0 Å². The van der Waals surface area contributed by atoms with Gasteiger partial charge in [-0.15, -0.1) is 22.9 Å². The minimum absolute atomic E-state index is 0.366. The summed E-state index contributed by atoms with van der Waals surface area (Å²) in [7, 11) is 0. The molecule has 74 valence electrons. The number of phenolic OH excluding ortho intramolecular Hbond substituents is 1. The molecule has 14 heavy (non-hydrogen) atoms. The van der Waals surface area contributed by atoms with E-state index in [1.54, 1.807) is 11.3 Å². The molecule has 1 N–H and O–H groups in total. The fourth-order valence-electron chi connectivity index (χ4n) is 1.67. The van der Waals surface area contributed by atoms with Gasteiger partial charge in [0, 0.05) is 15.8 Å². The van der Waals surface area contributed by atoms with E-state index in [0.717, 1.165) is 17.5 Å². The topological polar surface area (TPSA) is 20.2 Å². The molecule has 0 amide bonds. The largest absolute Gasteiger partial charge is 0.507 e. The van der Waals surface area contributed by atoms with E-state index in [-0.39, 0.29) is 0 Å². The summed E-state index contributed by atoms with van der Waals surface area (Å²) in [6, 6.07) is 4.03. The first-order chi connectivity index (χ1) is 6.77. The number of halogens is 1. The van der Waals surface area contributed by atoms with E-state index in [4.69, 9.17) is 11.6 Å². The molecule has 0 atom stereocenters. The zero-order chi connectivity index (χ0) is 10.1. The van der Waals surface area contributed by atoms with Crippen molar-refractivity contribution < 1.29 is 5.11 Å². The van der Waals surface area contributed by atoms with Gasteiger partial charge in [0.15, 0.2) is 0 Å². The molecule has 0 fully saturated rings. The van der Waals surface area contributed by atoms with Crippen LogP contribution >= 0.6 is 22.9 Å². The first kappa shape index (κ1) is 9.81. The number of hydrogen-bond acceptors (Lipinski definition) is 2. The summed E-state index contributed by atoms with van der Waals surface area (Å²) < 4.78 is 1.18. The summed E-state index contributed by atoms with van der Waals surface area (Å²) in [5, 5.41) is 13.2. The van der Waals surface area contributed by atoms with Crippen LogP contribution in [0.3, 0.4) is 0 Å². The van der Waals surface area contributed by atoms with E-state index in [2.05, 4.69) is 6.07 Å². The van der Waals surface area contributed by atoms with Crippen molar-refractivity contribution in [3.05, 3.63) is 28.6 Å². The average molecular weight is 227 g/mol. The van der Waals surface area contributed by atoms with Crippen molar-refractivity contribution in [3.63, 3.8) is 0 Å². The lowest BCUT2D eigenvalue weighted by Gasteiger charge is -2.07. The maximum Gasteiger partial charge on any atom is 0.124 e. The van der Waals surface area contributed by atoms with Crippen LogP contribution in [0.15, 0.2) is 17.5 Å². The second-order valence-corrected chi connectivity index (χ2v) is 4.37. The van der Waals surface area contributed by atoms with Crippen molar-refractivity contribution in [2.24, 2.45) is 0 Å². The lowest BCUT2D eigenvalue weighted by Crippen LogP contribution is -1.87. The van der Waals surface area contributed by atoms with Gasteiger partial charge in [-0.1, -0.05) is 6.92 Å². The Hall–Kier alpha value is -0.730. The molecule has 0 saturated heterocycles. The van der Waals surface area contributed by atoms with Crippen LogP contribution in [-0.4, -0.2) is 5.11 Å². The molecule has 1 aromatic heterocycles. The number of alkyl halides is 1. The van der Waals surface area contributed by atoms with Crippen LogP contribution in [0.25, 0.3) is 10.1 Å². The lowest BCUT2D eigenvalue weighted by molar-refractivity contribution is 0.465. The summed E-state index contributed by atoms with van der Waals surface area (Å²) in [6.45, 7) is 2.05. The maximum atomic E-state index is 9.93. The van der Waals surface area contributed by atoms with Gasteiger partial charge in [-0.05, 0) is 29.3 Å². The Morgan fingerprint density at radius 3 is 2.93 bits per heavy atom. The van der Waals surface area contributed by atoms with Crippen molar-refractivity contribution >= 4 is 33.0 Å². The van der Waals surface area contributed by atoms with Gasteiger partial charge in [0.25, 0.3) is 0 Å². The molecular weight excluding hydrogens is 216 g/mol.